The minimum atomic E-state index is -0.734. The maximum atomic E-state index is 13.1. The second-order valence-electron chi connectivity index (χ2n) is 14.4. The first-order chi connectivity index (χ1) is 21.0. The molecule has 246 valence electrons. The van der Waals surface area contributed by atoms with Crippen LogP contribution in [0.4, 0.5) is 4.79 Å². The predicted octanol–water partition coefficient (Wildman–Crippen LogP) is 9.14. The lowest BCUT2D eigenvalue weighted by atomic mass is 9.87. The summed E-state index contributed by atoms with van der Waals surface area (Å²) in [5.41, 5.74) is 1.98. The van der Waals surface area contributed by atoms with Gasteiger partial charge in [0.2, 0.25) is 0 Å². The molecule has 1 fully saturated rings. The first-order valence-corrected chi connectivity index (χ1v) is 17.0. The van der Waals surface area contributed by atoms with Gasteiger partial charge in [0.1, 0.15) is 18.0 Å². The average Bonchev–Trinajstić information content (AvgIpc) is 3.50. The fraction of sp³-hybridized carbons (Fsp3) is 0.556. The molecule has 1 unspecified atom stereocenters. The Bertz CT molecular complexity index is 1500. The van der Waals surface area contributed by atoms with E-state index in [9.17, 15) is 9.59 Å². The zero-order valence-electron chi connectivity index (χ0n) is 28.3. The molecule has 7 nitrogen and oxygen atoms in total. The minimum absolute atomic E-state index is 0.0468. The molecule has 1 amide bonds. The maximum Gasteiger partial charge on any atom is 0.410 e. The van der Waals surface area contributed by atoms with E-state index >= 15 is 0 Å². The third-order valence-corrected chi connectivity index (χ3v) is 9.16. The number of thioether (sulfide) groups is 1. The Morgan fingerprint density at radius 1 is 1.00 bits per heavy atom. The molecule has 0 bridgehead atoms. The number of benzene rings is 2. The number of carbonyl (C=O) groups excluding carboxylic acids is 2. The van der Waals surface area contributed by atoms with Crippen LogP contribution < -0.4 is 4.74 Å². The Balaban J connectivity index is 1.74. The van der Waals surface area contributed by atoms with E-state index in [0.29, 0.717) is 37.7 Å². The molecule has 1 aliphatic rings. The van der Waals surface area contributed by atoms with Crippen LogP contribution in [0.15, 0.2) is 47.4 Å². The Hall–Kier alpha value is -2.84. The minimum Gasteiger partial charge on any atom is -0.491 e. The van der Waals surface area contributed by atoms with Crippen molar-refractivity contribution in [1.82, 2.24) is 9.47 Å². The van der Waals surface area contributed by atoms with Crippen molar-refractivity contribution in [2.24, 2.45) is 5.41 Å². The quantitative estimate of drug-likeness (QED) is 0.160. The molecule has 1 atom stereocenters. The summed E-state index contributed by atoms with van der Waals surface area (Å²) >= 11 is 8.01. The molecule has 1 aliphatic heterocycles. The highest BCUT2D eigenvalue weighted by Crippen LogP contribution is 2.44. The maximum absolute atomic E-state index is 13.1. The number of likely N-dealkylation sites (tertiary alicyclic amines) is 1. The normalized spacial score (nSPS) is 15.9. The monoisotopic (exact) mass is 656 g/mol. The van der Waals surface area contributed by atoms with Crippen LogP contribution in [-0.4, -0.2) is 57.7 Å². The van der Waals surface area contributed by atoms with Crippen molar-refractivity contribution in [1.29, 1.82) is 0 Å². The van der Waals surface area contributed by atoms with Gasteiger partial charge >= 0.3 is 12.1 Å². The van der Waals surface area contributed by atoms with Gasteiger partial charge in [0, 0.05) is 50.8 Å². The van der Waals surface area contributed by atoms with Gasteiger partial charge in [0.25, 0.3) is 0 Å². The van der Waals surface area contributed by atoms with Gasteiger partial charge in [0.05, 0.1) is 18.1 Å². The van der Waals surface area contributed by atoms with Gasteiger partial charge in [-0.15, -0.1) is 11.8 Å². The molecule has 1 saturated heterocycles. The van der Waals surface area contributed by atoms with Crippen molar-refractivity contribution in [3.63, 3.8) is 0 Å². The van der Waals surface area contributed by atoms with E-state index in [2.05, 4.69) is 37.5 Å². The molecule has 1 aromatic heterocycles. The largest absolute Gasteiger partial charge is 0.491 e. The molecular formula is C36H49ClN2O5S. The summed E-state index contributed by atoms with van der Waals surface area (Å²) in [6.07, 6.45) is 2.01. The van der Waals surface area contributed by atoms with Crippen LogP contribution >= 0.6 is 23.4 Å². The van der Waals surface area contributed by atoms with Gasteiger partial charge in [-0.1, -0.05) is 44.5 Å². The molecule has 0 radical (unpaired) electrons. The van der Waals surface area contributed by atoms with Crippen LogP contribution in [0.3, 0.4) is 0 Å². The van der Waals surface area contributed by atoms with Gasteiger partial charge < -0.3 is 23.7 Å². The van der Waals surface area contributed by atoms with Crippen molar-refractivity contribution in [3.8, 4) is 5.75 Å². The van der Waals surface area contributed by atoms with Crippen molar-refractivity contribution in [2.45, 2.75) is 109 Å². The molecule has 3 aromatic rings. The number of fused-ring (bicyclic) bond motifs is 1. The fourth-order valence-electron chi connectivity index (χ4n) is 5.57. The second kappa shape index (κ2) is 13.9. The van der Waals surface area contributed by atoms with Gasteiger partial charge in [-0.3, -0.25) is 4.79 Å². The summed E-state index contributed by atoms with van der Waals surface area (Å²) in [5.74, 6) is 0.532. The average molecular weight is 657 g/mol. The van der Waals surface area contributed by atoms with E-state index < -0.39 is 11.0 Å². The van der Waals surface area contributed by atoms with Crippen LogP contribution in [0.1, 0.15) is 86.4 Å². The highest BCUT2D eigenvalue weighted by molar-refractivity contribution is 8.00. The van der Waals surface area contributed by atoms with E-state index in [1.165, 1.54) is 0 Å². The lowest BCUT2D eigenvalue weighted by Gasteiger charge is -2.28. The van der Waals surface area contributed by atoms with Gasteiger partial charge in [-0.2, -0.15) is 0 Å². The number of amides is 1. The number of ether oxygens (including phenoxy) is 3. The second-order valence-corrected chi connectivity index (χ2v) is 16.7. The molecule has 0 N–H and O–H groups in total. The molecule has 0 spiro atoms. The van der Waals surface area contributed by atoms with Crippen molar-refractivity contribution < 1.29 is 23.8 Å². The van der Waals surface area contributed by atoms with E-state index in [1.807, 2.05) is 71.9 Å². The van der Waals surface area contributed by atoms with Crippen LogP contribution in [0, 0.1) is 5.41 Å². The molecule has 4 rings (SSSR count). The molecule has 0 aliphatic carbocycles. The lowest BCUT2D eigenvalue weighted by molar-refractivity contribution is -0.153. The van der Waals surface area contributed by atoms with Crippen molar-refractivity contribution in [2.75, 3.05) is 19.8 Å². The predicted molar refractivity (Wildman–Crippen MR) is 184 cm³/mol. The third kappa shape index (κ3) is 9.13. The summed E-state index contributed by atoms with van der Waals surface area (Å²) in [6.45, 7) is 20.0. The zero-order chi connectivity index (χ0) is 33.2. The highest BCUT2D eigenvalue weighted by Gasteiger charge is 2.35. The third-order valence-electron chi connectivity index (χ3n) is 7.64. The summed E-state index contributed by atoms with van der Waals surface area (Å²) < 4.78 is 19.8. The van der Waals surface area contributed by atoms with E-state index in [0.717, 1.165) is 45.6 Å². The Morgan fingerprint density at radius 2 is 1.69 bits per heavy atom. The Morgan fingerprint density at radius 3 is 2.31 bits per heavy atom. The topological polar surface area (TPSA) is 70.0 Å². The SMILES string of the molecule is CCOC(=O)C(C)(C)Cc1c(SC(C)(C)C)c2cc(OCC3CCCN3C(=O)OC(C)(C)C)ccc2n1Cc1ccc(Cl)cc1. The number of aromatic nitrogens is 1. The molecule has 2 heterocycles. The molecule has 2 aromatic carbocycles. The Kier molecular flexibility index (Phi) is 10.8. The lowest BCUT2D eigenvalue weighted by Crippen LogP contribution is -2.42. The van der Waals surface area contributed by atoms with E-state index in [-0.39, 0.29) is 22.9 Å². The summed E-state index contributed by atoms with van der Waals surface area (Å²) in [4.78, 5) is 28.9. The van der Waals surface area contributed by atoms with Crippen LogP contribution in [0.5, 0.6) is 5.75 Å². The van der Waals surface area contributed by atoms with Gasteiger partial charge in [0.15, 0.2) is 0 Å². The molecule has 9 heteroatoms. The van der Waals surface area contributed by atoms with Crippen molar-refractivity contribution >= 4 is 46.3 Å². The van der Waals surface area contributed by atoms with Gasteiger partial charge in [-0.25, -0.2) is 4.79 Å². The number of esters is 1. The standard InChI is InChI=1S/C36H49ClN2O5S/c1-10-42-32(40)36(8,9)21-30-31(45-35(5,6)7)28-20-27(17-18-29(28)39(30)22-24-13-15-25(37)16-14-24)43-23-26-12-11-19-38(26)33(41)44-34(2,3)4/h13-18,20,26H,10-12,19,21-23H2,1-9H3. The van der Waals surface area contributed by atoms with Crippen molar-refractivity contribution in [3.05, 3.63) is 58.7 Å². The van der Waals surface area contributed by atoms with Crippen LogP contribution in [0.2, 0.25) is 5.02 Å². The summed E-state index contributed by atoms with van der Waals surface area (Å²) in [7, 11) is 0. The van der Waals surface area contributed by atoms with Crippen LogP contribution in [0.25, 0.3) is 10.9 Å². The number of halogens is 1. The molecular weight excluding hydrogens is 608 g/mol. The first kappa shape index (κ1) is 35.0. The summed E-state index contributed by atoms with van der Waals surface area (Å²) in [5, 5.41) is 1.77. The number of carbonyl (C=O) groups is 2. The number of hydrogen-bond donors (Lipinski definition) is 0. The molecule has 0 saturated carbocycles. The number of hydrogen-bond acceptors (Lipinski definition) is 6. The zero-order valence-corrected chi connectivity index (χ0v) is 29.9. The Labute approximate surface area is 277 Å². The highest BCUT2D eigenvalue weighted by atomic mass is 35.5. The van der Waals surface area contributed by atoms with E-state index in [1.54, 1.807) is 16.7 Å². The van der Waals surface area contributed by atoms with Gasteiger partial charge in [-0.05, 0) is 90.3 Å². The van der Waals surface area contributed by atoms with Crippen LogP contribution in [-0.2, 0) is 27.2 Å². The molecule has 45 heavy (non-hydrogen) atoms. The fourth-order valence-corrected chi connectivity index (χ4v) is 6.89. The smallest absolute Gasteiger partial charge is 0.410 e. The number of nitrogens with zero attached hydrogens (tertiary/aromatic N) is 2. The number of rotatable bonds is 10. The summed E-state index contributed by atoms with van der Waals surface area (Å²) in [6, 6.07) is 14.1. The van der Waals surface area contributed by atoms with E-state index in [4.69, 9.17) is 25.8 Å². The first-order valence-electron chi connectivity index (χ1n) is 15.9.